The third kappa shape index (κ3) is 5.03. The molecule has 0 saturated heterocycles. The topological polar surface area (TPSA) is 86.8 Å². The molecule has 0 unspecified atom stereocenters. The molecular weight excluding hydrogens is 462 g/mol. The molecule has 184 valence electrons. The largest absolute Gasteiger partial charge is 0.352 e. The predicted molar refractivity (Wildman–Crippen MR) is 137 cm³/mol. The smallest absolute Gasteiger partial charge is 0.265 e. The van der Waals surface area contributed by atoms with E-state index in [9.17, 15) is 18.0 Å². The van der Waals surface area contributed by atoms with E-state index >= 15 is 0 Å². The fourth-order valence-corrected chi connectivity index (χ4v) is 6.23. The molecule has 2 amide bonds. The fourth-order valence-electron chi connectivity index (χ4n) is 4.48. The van der Waals surface area contributed by atoms with Gasteiger partial charge in [0.05, 0.1) is 10.6 Å². The molecule has 7 nitrogen and oxygen atoms in total. The van der Waals surface area contributed by atoms with Gasteiger partial charge in [-0.3, -0.25) is 13.9 Å². The Morgan fingerprint density at radius 1 is 0.943 bits per heavy atom. The van der Waals surface area contributed by atoms with E-state index in [2.05, 4.69) is 5.32 Å². The maximum Gasteiger partial charge on any atom is 0.265 e. The highest BCUT2D eigenvalue weighted by molar-refractivity contribution is 7.93. The lowest BCUT2D eigenvalue weighted by atomic mass is 10.1. The van der Waals surface area contributed by atoms with E-state index in [0.29, 0.717) is 23.5 Å². The molecule has 0 bridgehead atoms. The van der Waals surface area contributed by atoms with Gasteiger partial charge in [0, 0.05) is 30.9 Å². The van der Waals surface area contributed by atoms with Gasteiger partial charge >= 0.3 is 0 Å². The Kier molecular flexibility index (Phi) is 7.12. The molecular formula is C27H31N3O4S. The van der Waals surface area contributed by atoms with Gasteiger partial charge in [-0.2, -0.15) is 0 Å². The van der Waals surface area contributed by atoms with Gasteiger partial charge in [0.25, 0.3) is 10.0 Å². The van der Waals surface area contributed by atoms with Gasteiger partial charge in [-0.1, -0.05) is 54.6 Å². The lowest BCUT2D eigenvalue weighted by Crippen LogP contribution is -2.49. The molecule has 3 aromatic rings. The van der Waals surface area contributed by atoms with E-state index < -0.39 is 16.1 Å². The molecule has 1 atom stereocenters. The van der Waals surface area contributed by atoms with Crippen LogP contribution in [0.5, 0.6) is 0 Å². The minimum atomic E-state index is -3.66. The molecule has 0 saturated carbocycles. The molecule has 1 aliphatic rings. The molecule has 1 aliphatic heterocycles. The minimum Gasteiger partial charge on any atom is -0.352 e. The first-order valence-electron chi connectivity index (χ1n) is 11.9. The van der Waals surface area contributed by atoms with Gasteiger partial charge in [-0.25, -0.2) is 8.42 Å². The Labute approximate surface area is 206 Å². The third-order valence-electron chi connectivity index (χ3n) is 6.23. The van der Waals surface area contributed by atoms with Crippen LogP contribution in [0.2, 0.25) is 0 Å². The van der Waals surface area contributed by atoms with Crippen LogP contribution in [-0.4, -0.2) is 43.8 Å². The van der Waals surface area contributed by atoms with Gasteiger partial charge in [0.15, 0.2) is 0 Å². The van der Waals surface area contributed by atoms with Crippen LogP contribution in [0.25, 0.3) is 10.8 Å². The molecule has 8 heteroatoms. The summed E-state index contributed by atoms with van der Waals surface area (Å²) in [6, 6.07) is 19.7. The first kappa shape index (κ1) is 24.7. The molecule has 35 heavy (non-hydrogen) atoms. The van der Waals surface area contributed by atoms with Crippen molar-refractivity contribution in [2.24, 2.45) is 0 Å². The first-order chi connectivity index (χ1) is 16.7. The van der Waals surface area contributed by atoms with Crippen molar-refractivity contribution in [3.8, 4) is 0 Å². The highest BCUT2D eigenvalue weighted by atomic mass is 32.2. The van der Waals surface area contributed by atoms with Gasteiger partial charge < -0.3 is 10.2 Å². The molecule has 1 heterocycles. The summed E-state index contributed by atoms with van der Waals surface area (Å²) in [5, 5.41) is 4.48. The molecule has 4 rings (SSSR count). The Morgan fingerprint density at radius 2 is 1.63 bits per heavy atom. The van der Waals surface area contributed by atoms with E-state index in [1.54, 1.807) is 30.0 Å². The number of sulfonamides is 1. The predicted octanol–water partition coefficient (Wildman–Crippen LogP) is 4.07. The van der Waals surface area contributed by atoms with E-state index in [-0.39, 0.29) is 30.8 Å². The zero-order chi connectivity index (χ0) is 25.2. The van der Waals surface area contributed by atoms with Crippen molar-refractivity contribution in [2.75, 3.05) is 10.8 Å². The van der Waals surface area contributed by atoms with E-state index in [1.807, 2.05) is 62.4 Å². The highest BCUT2D eigenvalue weighted by Gasteiger charge is 2.35. The Bertz CT molecular complexity index is 1330. The minimum absolute atomic E-state index is 0.0386. The van der Waals surface area contributed by atoms with Crippen LogP contribution in [0.4, 0.5) is 5.69 Å². The average Bonchev–Trinajstić information content (AvgIpc) is 3.05. The average molecular weight is 494 g/mol. The maximum atomic E-state index is 13.3. The number of amides is 2. The van der Waals surface area contributed by atoms with Crippen molar-refractivity contribution in [1.82, 2.24) is 10.2 Å². The molecule has 0 spiro atoms. The van der Waals surface area contributed by atoms with Gasteiger partial charge in [-0.15, -0.1) is 0 Å². The number of nitrogens with one attached hydrogen (secondary N) is 1. The van der Waals surface area contributed by atoms with Crippen molar-refractivity contribution in [2.45, 2.75) is 57.1 Å². The molecule has 0 aromatic heterocycles. The number of nitrogens with zero attached hydrogens (tertiary/aromatic N) is 2. The molecule has 0 aliphatic carbocycles. The summed E-state index contributed by atoms with van der Waals surface area (Å²) in [5.74, 6) is -0.402. The van der Waals surface area contributed by atoms with Crippen LogP contribution in [-0.2, 0) is 26.2 Å². The normalized spacial score (nSPS) is 14.8. The third-order valence-corrected chi connectivity index (χ3v) is 8.08. The van der Waals surface area contributed by atoms with Gasteiger partial charge in [0.2, 0.25) is 11.8 Å². The number of anilines is 1. The van der Waals surface area contributed by atoms with E-state index in [0.717, 1.165) is 16.3 Å². The maximum absolute atomic E-state index is 13.3. The summed E-state index contributed by atoms with van der Waals surface area (Å²) in [7, 11) is -3.66. The second-order valence-electron chi connectivity index (χ2n) is 9.16. The van der Waals surface area contributed by atoms with Gasteiger partial charge in [-0.05, 0) is 50.3 Å². The van der Waals surface area contributed by atoms with Crippen LogP contribution in [0.1, 0.15) is 39.2 Å². The van der Waals surface area contributed by atoms with Crippen molar-refractivity contribution in [3.63, 3.8) is 0 Å². The lowest BCUT2D eigenvalue weighted by molar-refractivity contribution is -0.140. The van der Waals surface area contributed by atoms with Crippen LogP contribution < -0.4 is 9.62 Å². The van der Waals surface area contributed by atoms with Gasteiger partial charge in [0.1, 0.15) is 6.04 Å². The summed E-state index contributed by atoms with van der Waals surface area (Å²) >= 11 is 0. The monoisotopic (exact) mass is 493 g/mol. The summed E-state index contributed by atoms with van der Waals surface area (Å²) in [4.78, 5) is 27.9. The lowest BCUT2D eigenvalue weighted by Gasteiger charge is -2.29. The number of carbonyl (C=O) groups is 2. The summed E-state index contributed by atoms with van der Waals surface area (Å²) in [6.07, 6.45) is 0.469. The first-order valence-corrected chi connectivity index (χ1v) is 13.3. The Hall–Kier alpha value is -3.39. The molecule has 3 aromatic carbocycles. The van der Waals surface area contributed by atoms with Crippen molar-refractivity contribution < 1.29 is 18.0 Å². The summed E-state index contributed by atoms with van der Waals surface area (Å²) < 4.78 is 27.8. The Balaban J connectivity index is 1.49. The zero-order valence-electron chi connectivity index (χ0n) is 20.3. The highest BCUT2D eigenvalue weighted by Crippen LogP contribution is 2.42. The van der Waals surface area contributed by atoms with Crippen LogP contribution in [0.15, 0.2) is 71.6 Å². The SMILES string of the molecule is CC(C)NC(=O)[C@H](C)N(Cc1ccccc1)C(=O)CCCN1c2cccc3cccc(c23)S1(=O)=O. The summed E-state index contributed by atoms with van der Waals surface area (Å²) in [5.41, 5.74) is 1.57. The number of hydrogen-bond donors (Lipinski definition) is 1. The van der Waals surface area contributed by atoms with Crippen molar-refractivity contribution >= 4 is 38.3 Å². The molecule has 0 fully saturated rings. The van der Waals surface area contributed by atoms with Crippen LogP contribution >= 0.6 is 0 Å². The van der Waals surface area contributed by atoms with Crippen LogP contribution in [0, 0.1) is 0 Å². The Morgan fingerprint density at radius 3 is 2.31 bits per heavy atom. The number of carbonyl (C=O) groups excluding carboxylic acids is 2. The quantitative estimate of drug-likeness (QED) is 0.487. The zero-order valence-corrected chi connectivity index (χ0v) is 21.1. The standard InChI is InChI=1S/C27H31N3O4S/c1-19(2)28-27(32)20(3)29(18-21-10-5-4-6-11-21)25(31)16-9-17-30-23-14-7-12-22-13-8-15-24(26(22)23)35(30,33)34/h4-8,10-15,19-20H,9,16-18H2,1-3H3,(H,28,32)/t20-/m0/s1. The van der Waals surface area contributed by atoms with E-state index in [1.165, 1.54) is 4.31 Å². The second kappa shape index (κ2) is 10.1. The van der Waals surface area contributed by atoms with Crippen molar-refractivity contribution in [1.29, 1.82) is 0 Å². The molecule has 0 radical (unpaired) electrons. The summed E-state index contributed by atoms with van der Waals surface area (Å²) in [6.45, 7) is 5.97. The number of hydrogen-bond acceptors (Lipinski definition) is 4. The number of benzene rings is 3. The van der Waals surface area contributed by atoms with E-state index in [4.69, 9.17) is 0 Å². The number of rotatable bonds is 9. The van der Waals surface area contributed by atoms with Crippen LogP contribution in [0.3, 0.4) is 0 Å². The van der Waals surface area contributed by atoms with Crippen molar-refractivity contribution in [3.05, 3.63) is 72.3 Å². The second-order valence-corrected chi connectivity index (χ2v) is 11.0. The fraction of sp³-hybridized carbons (Fsp3) is 0.333. The molecule has 1 N–H and O–H groups in total.